The van der Waals surface area contributed by atoms with Crippen LogP contribution in [-0.2, 0) is 4.79 Å². The summed E-state index contributed by atoms with van der Waals surface area (Å²) < 4.78 is 0. The molecule has 0 aromatic carbocycles. The van der Waals surface area contributed by atoms with Crippen LogP contribution < -0.4 is 26.6 Å². The Balaban J connectivity index is 1.42. The molecule has 0 aliphatic carbocycles. The molecule has 2 fully saturated rings. The molecule has 5 N–H and O–H groups in total. The summed E-state index contributed by atoms with van der Waals surface area (Å²) in [6.07, 6.45) is 10.6. The smallest absolute Gasteiger partial charge is 0.224 e. The number of rotatable bonds is 9. The molecule has 0 spiro atoms. The summed E-state index contributed by atoms with van der Waals surface area (Å²) in [5, 5.41) is 25.4. The molecule has 2 aromatic heterocycles. The number of nitriles is 1. The summed E-state index contributed by atoms with van der Waals surface area (Å²) in [4.78, 5) is 25.4. The van der Waals surface area contributed by atoms with E-state index in [0.717, 1.165) is 57.7 Å². The van der Waals surface area contributed by atoms with E-state index in [2.05, 4.69) is 41.5 Å². The minimum Gasteiger partial charge on any atom is -0.383 e. The van der Waals surface area contributed by atoms with Gasteiger partial charge < -0.3 is 26.6 Å². The summed E-state index contributed by atoms with van der Waals surface area (Å²) in [5.74, 6) is 2.23. The second-order valence-corrected chi connectivity index (χ2v) is 9.01. The maximum Gasteiger partial charge on any atom is 0.224 e. The maximum atomic E-state index is 12.7. The molecule has 10 nitrogen and oxygen atoms in total. The van der Waals surface area contributed by atoms with Crippen LogP contribution in [0.2, 0.25) is 0 Å². The van der Waals surface area contributed by atoms with E-state index in [-0.39, 0.29) is 11.6 Å². The van der Waals surface area contributed by atoms with Crippen molar-refractivity contribution in [2.45, 2.75) is 38.5 Å². The van der Waals surface area contributed by atoms with Crippen LogP contribution in [0.15, 0.2) is 24.7 Å². The van der Waals surface area contributed by atoms with E-state index in [4.69, 9.17) is 5.26 Å². The topological polar surface area (TPSA) is 140 Å². The second kappa shape index (κ2) is 12.3. The zero-order valence-corrected chi connectivity index (χ0v) is 19.4. The lowest BCUT2D eigenvalue weighted by molar-refractivity contribution is -0.116. The van der Waals surface area contributed by atoms with Crippen molar-refractivity contribution in [3.05, 3.63) is 30.4 Å². The molecule has 2 aromatic rings. The van der Waals surface area contributed by atoms with Gasteiger partial charge in [0.05, 0.1) is 30.0 Å². The molecule has 4 rings (SSSR count). The number of piperidine rings is 2. The third kappa shape index (κ3) is 7.10. The monoisotopic (exact) mass is 463 g/mol. The van der Waals surface area contributed by atoms with Crippen molar-refractivity contribution in [1.82, 2.24) is 25.6 Å². The molecule has 10 heteroatoms. The molecule has 34 heavy (non-hydrogen) atoms. The second-order valence-electron chi connectivity index (χ2n) is 9.01. The third-order valence-electron chi connectivity index (χ3n) is 6.42. The molecule has 4 heterocycles. The SMILES string of the molecule is N#Cc1cnc(Nc2cc(NCC3CCCNC3)c(NC(=O)CCC3CCNCC3)cn2)cn1. The Morgan fingerprint density at radius 3 is 2.59 bits per heavy atom. The summed E-state index contributed by atoms with van der Waals surface area (Å²) in [6.45, 7) is 4.95. The highest BCUT2D eigenvalue weighted by Gasteiger charge is 2.17. The summed E-state index contributed by atoms with van der Waals surface area (Å²) in [7, 11) is 0. The van der Waals surface area contributed by atoms with Gasteiger partial charge in [0.25, 0.3) is 0 Å². The van der Waals surface area contributed by atoms with Crippen LogP contribution in [0.25, 0.3) is 0 Å². The first-order valence-electron chi connectivity index (χ1n) is 12.1. The van der Waals surface area contributed by atoms with Gasteiger partial charge in [-0.3, -0.25) is 4.79 Å². The first-order valence-corrected chi connectivity index (χ1v) is 12.1. The zero-order valence-electron chi connectivity index (χ0n) is 19.4. The summed E-state index contributed by atoms with van der Waals surface area (Å²) in [6, 6.07) is 3.83. The van der Waals surface area contributed by atoms with Crippen LogP contribution in [0, 0.1) is 23.2 Å². The fraction of sp³-hybridized carbons (Fsp3) is 0.542. The largest absolute Gasteiger partial charge is 0.383 e. The predicted molar refractivity (Wildman–Crippen MR) is 132 cm³/mol. The van der Waals surface area contributed by atoms with E-state index in [0.29, 0.717) is 35.6 Å². The predicted octanol–water partition coefficient (Wildman–Crippen LogP) is 2.62. The molecule has 1 atom stereocenters. The molecule has 0 bridgehead atoms. The van der Waals surface area contributed by atoms with Gasteiger partial charge in [0.1, 0.15) is 17.7 Å². The van der Waals surface area contributed by atoms with Crippen LogP contribution >= 0.6 is 0 Å². The molecule has 1 amide bonds. The van der Waals surface area contributed by atoms with Gasteiger partial charge in [-0.15, -0.1) is 0 Å². The summed E-state index contributed by atoms with van der Waals surface area (Å²) in [5.41, 5.74) is 1.75. The van der Waals surface area contributed by atoms with Gasteiger partial charge in [-0.25, -0.2) is 15.0 Å². The van der Waals surface area contributed by atoms with Gasteiger partial charge in [-0.05, 0) is 70.1 Å². The highest BCUT2D eigenvalue weighted by Crippen LogP contribution is 2.27. The normalized spacial score (nSPS) is 18.6. The number of nitrogens with zero attached hydrogens (tertiary/aromatic N) is 4. The van der Waals surface area contributed by atoms with Gasteiger partial charge in [0.2, 0.25) is 5.91 Å². The van der Waals surface area contributed by atoms with E-state index in [1.54, 1.807) is 6.20 Å². The lowest BCUT2D eigenvalue weighted by Crippen LogP contribution is -2.33. The van der Waals surface area contributed by atoms with Crippen molar-refractivity contribution in [2.75, 3.05) is 48.7 Å². The first-order chi connectivity index (χ1) is 16.7. The van der Waals surface area contributed by atoms with Gasteiger partial charge in [0.15, 0.2) is 5.69 Å². The van der Waals surface area contributed by atoms with Crippen LogP contribution in [0.5, 0.6) is 0 Å². The van der Waals surface area contributed by atoms with E-state index in [1.165, 1.54) is 25.2 Å². The fourth-order valence-corrected chi connectivity index (χ4v) is 4.42. The Hall–Kier alpha value is -3.29. The molecule has 2 saturated heterocycles. The Labute approximate surface area is 200 Å². The Bertz CT molecular complexity index is 977. The molecule has 2 aliphatic rings. The van der Waals surface area contributed by atoms with E-state index >= 15 is 0 Å². The number of anilines is 4. The fourth-order valence-electron chi connectivity index (χ4n) is 4.42. The Morgan fingerprint density at radius 2 is 1.85 bits per heavy atom. The molecular weight excluding hydrogens is 430 g/mol. The molecular formula is C24H33N9O. The Kier molecular flexibility index (Phi) is 8.60. The number of amides is 1. The molecule has 2 aliphatic heterocycles. The van der Waals surface area contributed by atoms with Gasteiger partial charge >= 0.3 is 0 Å². The standard InChI is InChI=1S/C24H33N9O/c25-11-19-14-30-23(16-28-19)33-22-10-20(29-13-18-2-1-7-27-12-18)21(15-31-22)32-24(34)4-3-17-5-8-26-9-6-17/h10,14-18,26-27H,1-9,12-13H2,(H,32,34)(H2,29,30,31,33). The number of carbonyl (C=O) groups is 1. The van der Waals surface area contributed by atoms with Gasteiger partial charge in [-0.1, -0.05) is 0 Å². The lowest BCUT2D eigenvalue weighted by atomic mass is 9.93. The zero-order chi connectivity index (χ0) is 23.6. The van der Waals surface area contributed by atoms with Crippen molar-refractivity contribution in [3.63, 3.8) is 0 Å². The number of hydrogen-bond acceptors (Lipinski definition) is 9. The van der Waals surface area contributed by atoms with Gasteiger partial charge in [-0.2, -0.15) is 5.26 Å². The van der Waals surface area contributed by atoms with Crippen LogP contribution in [0.1, 0.15) is 44.2 Å². The third-order valence-corrected chi connectivity index (χ3v) is 6.42. The van der Waals surface area contributed by atoms with Crippen molar-refractivity contribution >= 4 is 28.9 Å². The quantitative estimate of drug-likeness (QED) is 0.379. The number of carbonyl (C=O) groups excluding carboxylic acids is 1. The van der Waals surface area contributed by atoms with Crippen LogP contribution in [0.3, 0.4) is 0 Å². The maximum absolute atomic E-state index is 12.7. The van der Waals surface area contributed by atoms with Crippen molar-refractivity contribution in [2.24, 2.45) is 11.8 Å². The van der Waals surface area contributed by atoms with Gasteiger partial charge in [0, 0.05) is 19.0 Å². The first kappa shape index (κ1) is 23.9. The van der Waals surface area contributed by atoms with Crippen LogP contribution in [0.4, 0.5) is 23.0 Å². The van der Waals surface area contributed by atoms with Crippen molar-refractivity contribution in [1.29, 1.82) is 5.26 Å². The molecule has 180 valence electrons. The number of aromatic nitrogens is 3. The number of hydrogen-bond donors (Lipinski definition) is 5. The van der Waals surface area contributed by atoms with Crippen molar-refractivity contribution in [3.8, 4) is 6.07 Å². The summed E-state index contributed by atoms with van der Waals surface area (Å²) >= 11 is 0. The van der Waals surface area contributed by atoms with E-state index in [9.17, 15) is 4.79 Å². The average Bonchev–Trinajstić information content (AvgIpc) is 2.89. The number of nitrogens with one attached hydrogen (secondary N) is 5. The minimum absolute atomic E-state index is 0.0152. The number of pyridine rings is 1. The minimum atomic E-state index is 0.0152. The molecule has 1 unspecified atom stereocenters. The highest BCUT2D eigenvalue weighted by atomic mass is 16.1. The molecule has 0 radical (unpaired) electrons. The van der Waals surface area contributed by atoms with E-state index < -0.39 is 0 Å². The van der Waals surface area contributed by atoms with E-state index in [1.807, 2.05) is 12.1 Å². The Morgan fingerprint density at radius 1 is 1.00 bits per heavy atom. The highest BCUT2D eigenvalue weighted by molar-refractivity contribution is 5.94. The average molecular weight is 464 g/mol. The molecule has 0 saturated carbocycles. The lowest BCUT2D eigenvalue weighted by Gasteiger charge is -2.24. The van der Waals surface area contributed by atoms with Crippen LogP contribution in [-0.4, -0.2) is 53.6 Å². The van der Waals surface area contributed by atoms with Crippen molar-refractivity contribution < 1.29 is 4.79 Å².